The summed E-state index contributed by atoms with van der Waals surface area (Å²) in [5.41, 5.74) is 3.92. The third-order valence-electron chi connectivity index (χ3n) is 5.57. The predicted octanol–water partition coefficient (Wildman–Crippen LogP) is 4.60. The molecule has 0 radical (unpaired) electrons. The second-order valence-electron chi connectivity index (χ2n) is 7.78. The Balaban J connectivity index is 0.00000320. The van der Waals surface area contributed by atoms with Crippen LogP contribution in [-0.4, -0.2) is 42.0 Å². The molecule has 5 nitrogen and oxygen atoms in total. The highest BCUT2D eigenvalue weighted by Gasteiger charge is 2.20. The Bertz CT molecular complexity index is 783. The van der Waals surface area contributed by atoms with Crippen LogP contribution in [-0.2, 0) is 19.5 Å². The van der Waals surface area contributed by atoms with E-state index in [-0.39, 0.29) is 24.0 Å². The number of halogens is 1. The molecule has 2 aromatic rings. The standard InChI is InChI=1S/C23H35N5S.HI/c1-4-20-8-6-7-9-21(20)15-26-23(24-5-2)25-14-19-10-12-28(13-11-19)16-22-17-29-18(3)27-22;/h6-9,17,19H,4-5,10-16H2,1-3H3,(H2,24,25,26);1H. The van der Waals surface area contributed by atoms with Gasteiger partial charge in [0.05, 0.1) is 17.2 Å². The smallest absolute Gasteiger partial charge is 0.191 e. The third-order valence-corrected chi connectivity index (χ3v) is 6.39. The fourth-order valence-corrected chi connectivity index (χ4v) is 4.47. The minimum Gasteiger partial charge on any atom is -0.357 e. The van der Waals surface area contributed by atoms with Crippen LogP contribution in [0, 0.1) is 12.8 Å². The van der Waals surface area contributed by atoms with E-state index in [1.54, 1.807) is 11.3 Å². The lowest BCUT2D eigenvalue weighted by atomic mass is 9.97. The van der Waals surface area contributed by atoms with E-state index < -0.39 is 0 Å². The van der Waals surface area contributed by atoms with Gasteiger partial charge in [-0.1, -0.05) is 31.2 Å². The van der Waals surface area contributed by atoms with Crippen LogP contribution in [0.2, 0.25) is 0 Å². The van der Waals surface area contributed by atoms with Crippen molar-refractivity contribution >= 4 is 41.3 Å². The zero-order chi connectivity index (χ0) is 20.5. The number of piperidine rings is 1. The van der Waals surface area contributed by atoms with Crippen molar-refractivity contribution in [1.82, 2.24) is 20.5 Å². The van der Waals surface area contributed by atoms with Gasteiger partial charge in [-0.2, -0.15) is 0 Å². The zero-order valence-electron chi connectivity index (χ0n) is 18.5. The maximum Gasteiger partial charge on any atom is 0.191 e. The summed E-state index contributed by atoms with van der Waals surface area (Å²) in [5.74, 6) is 1.63. The van der Waals surface area contributed by atoms with E-state index in [9.17, 15) is 0 Å². The Morgan fingerprint density at radius 3 is 2.53 bits per heavy atom. The van der Waals surface area contributed by atoms with Gasteiger partial charge < -0.3 is 10.6 Å². The highest BCUT2D eigenvalue weighted by molar-refractivity contribution is 14.0. The molecule has 0 bridgehead atoms. The lowest BCUT2D eigenvalue weighted by Gasteiger charge is -2.31. The predicted molar refractivity (Wildman–Crippen MR) is 139 cm³/mol. The van der Waals surface area contributed by atoms with E-state index in [0.717, 1.165) is 56.7 Å². The van der Waals surface area contributed by atoms with Crippen molar-refractivity contribution in [2.75, 3.05) is 26.2 Å². The summed E-state index contributed by atoms with van der Waals surface area (Å²) in [6.07, 6.45) is 3.51. The molecule has 3 rings (SSSR count). The number of guanidine groups is 1. The van der Waals surface area contributed by atoms with Crippen molar-refractivity contribution in [3.63, 3.8) is 0 Å². The number of likely N-dealkylation sites (tertiary alicyclic amines) is 1. The average Bonchev–Trinajstić information content (AvgIpc) is 3.16. The number of thiazole rings is 1. The molecule has 166 valence electrons. The van der Waals surface area contributed by atoms with E-state index in [0.29, 0.717) is 5.92 Å². The Labute approximate surface area is 202 Å². The fraction of sp³-hybridized carbons (Fsp3) is 0.565. The number of rotatable bonds is 8. The second kappa shape index (κ2) is 13.3. The maximum atomic E-state index is 4.83. The molecule has 0 saturated carbocycles. The molecule has 1 aliphatic rings. The van der Waals surface area contributed by atoms with Crippen molar-refractivity contribution in [2.24, 2.45) is 10.9 Å². The normalized spacial score (nSPS) is 15.6. The largest absolute Gasteiger partial charge is 0.357 e. The first kappa shape index (κ1) is 25.1. The molecule has 1 saturated heterocycles. The Morgan fingerprint density at radius 2 is 1.90 bits per heavy atom. The number of hydrogen-bond donors (Lipinski definition) is 2. The number of aliphatic imine (C=N–C) groups is 1. The van der Waals surface area contributed by atoms with Crippen molar-refractivity contribution in [1.29, 1.82) is 0 Å². The Kier molecular flexibility index (Phi) is 11.1. The summed E-state index contributed by atoms with van der Waals surface area (Å²) >= 11 is 1.75. The molecular formula is C23H36IN5S. The van der Waals surface area contributed by atoms with E-state index >= 15 is 0 Å². The average molecular weight is 542 g/mol. The van der Waals surface area contributed by atoms with Gasteiger partial charge in [0.15, 0.2) is 5.96 Å². The highest BCUT2D eigenvalue weighted by atomic mass is 127. The van der Waals surface area contributed by atoms with Gasteiger partial charge in [-0.3, -0.25) is 4.90 Å². The lowest BCUT2D eigenvalue weighted by Crippen LogP contribution is -2.42. The lowest BCUT2D eigenvalue weighted by molar-refractivity contribution is 0.176. The number of benzene rings is 1. The molecule has 0 unspecified atom stereocenters. The molecule has 0 atom stereocenters. The quantitative estimate of drug-likeness (QED) is 0.292. The zero-order valence-corrected chi connectivity index (χ0v) is 21.6. The van der Waals surface area contributed by atoms with Crippen LogP contribution in [0.15, 0.2) is 34.6 Å². The monoisotopic (exact) mass is 541 g/mol. The van der Waals surface area contributed by atoms with Gasteiger partial charge >= 0.3 is 0 Å². The van der Waals surface area contributed by atoms with Crippen LogP contribution < -0.4 is 10.6 Å². The summed E-state index contributed by atoms with van der Waals surface area (Å²) in [6, 6.07) is 8.60. The molecule has 2 heterocycles. The van der Waals surface area contributed by atoms with E-state index in [1.165, 1.54) is 29.7 Å². The molecule has 0 amide bonds. The number of nitrogens with one attached hydrogen (secondary N) is 2. The Morgan fingerprint density at radius 1 is 1.17 bits per heavy atom. The number of aryl methyl sites for hydroxylation is 2. The molecule has 1 aliphatic heterocycles. The van der Waals surface area contributed by atoms with Crippen molar-refractivity contribution in [3.8, 4) is 0 Å². The maximum absolute atomic E-state index is 4.83. The summed E-state index contributed by atoms with van der Waals surface area (Å²) in [6.45, 7) is 12.3. The molecule has 1 fully saturated rings. The van der Waals surface area contributed by atoms with Crippen LogP contribution in [0.1, 0.15) is 48.5 Å². The first-order valence-electron chi connectivity index (χ1n) is 10.9. The second-order valence-corrected chi connectivity index (χ2v) is 8.84. The minimum atomic E-state index is 0. The summed E-state index contributed by atoms with van der Waals surface area (Å²) < 4.78 is 0. The van der Waals surface area contributed by atoms with Gasteiger partial charge in [-0.25, -0.2) is 9.98 Å². The highest BCUT2D eigenvalue weighted by Crippen LogP contribution is 2.19. The number of aromatic nitrogens is 1. The van der Waals surface area contributed by atoms with Crippen molar-refractivity contribution in [2.45, 2.75) is 53.1 Å². The molecule has 7 heteroatoms. The third kappa shape index (κ3) is 7.81. The van der Waals surface area contributed by atoms with Crippen LogP contribution >= 0.6 is 35.3 Å². The molecule has 2 N–H and O–H groups in total. The fourth-order valence-electron chi connectivity index (χ4n) is 3.86. The van der Waals surface area contributed by atoms with E-state index in [4.69, 9.17) is 4.99 Å². The molecule has 30 heavy (non-hydrogen) atoms. The van der Waals surface area contributed by atoms with Gasteiger partial charge in [-0.05, 0) is 63.2 Å². The first-order chi connectivity index (χ1) is 14.2. The molecule has 1 aromatic heterocycles. The van der Waals surface area contributed by atoms with Crippen LogP contribution in [0.4, 0.5) is 0 Å². The minimum absolute atomic E-state index is 0. The SMILES string of the molecule is CCNC(=NCc1ccccc1CC)NCC1CCN(Cc2csc(C)n2)CC1.I. The Hall–Kier alpha value is -1.19. The number of nitrogens with zero attached hydrogens (tertiary/aromatic N) is 3. The van der Waals surface area contributed by atoms with E-state index in [1.807, 2.05) is 0 Å². The van der Waals surface area contributed by atoms with Gasteiger partial charge in [-0.15, -0.1) is 35.3 Å². The molecule has 0 aliphatic carbocycles. The molecular weight excluding hydrogens is 505 g/mol. The van der Waals surface area contributed by atoms with Crippen molar-refractivity contribution < 1.29 is 0 Å². The summed E-state index contributed by atoms with van der Waals surface area (Å²) in [5, 5.41) is 10.3. The first-order valence-corrected chi connectivity index (χ1v) is 11.8. The van der Waals surface area contributed by atoms with Crippen molar-refractivity contribution in [3.05, 3.63) is 51.5 Å². The molecule has 1 aromatic carbocycles. The number of hydrogen-bond acceptors (Lipinski definition) is 4. The topological polar surface area (TPSA) is 52.6 Å². The van der Waals surface area contributed by atoms with Gasteiger partial charge in [0.1, 0.15) is 0 Å². The molecule has 0 spiro atoms. The van der Waals surface area contributed by atoms with Crippen LogP contribution in [0.25, 0.3) is 0 Å². The summed E-state index contributed by atoms with van der Waals surface area (Å²) in [4.78, 5) is 12.0. The van der Waals surface area contributed by atoms with Gasteiger partial charge in [0, 0.05) is 25.0 Å². The van der Waals surface area contributed by atoms with Gasteiger partial charge in [0.2, 0.25) is 0 Å². The van der Waals surface area contributed by atoms with Crippen LogP contribution in [0.5, 0.6) is 0 Å². The van der Waals surface area contributed by atoms with E-state index in [2.05, 4.69) is 70.9 Å². The summed E-state index contributed by atoms with van der Waals surface area (Å²) in [7, 11) is 0. The van der Waals surface area contributed by atoms with Crippen LogP contribution in [0.3, 0.4) is 0 Å². The van der Waals surface area contributed by atoms with Gasteiger partial charge in [0.25, 0.3) is 0 Å².